The molecule has 0 unspecified atom stereocenters. The maximum absolute atomic E-state index is 13.7. The lowest BCUT2D eigenvalue weighted by Crippen LogP contribution is -2.41. The van der Waals surface area contributed by atoms with E-state index in [1.807, 2.05) is 6.92 Å². The van der Waals surface area contributed by atoms with Gasteiger partial charge in [0.15, 0.2) is 0 Å². The second kappa shape index (κ2) is 5.82. The highest BCUT2D eigenvalue weighted by Gasteiger charge is 2.22. The Hall–Kier alpha value is -1.62. The molecule has 0 aromatic heterocycles. The van der Waals surface area contributed by atoms with Gasteiger partial charge in [-0.2, -0.15) is 0 Å². The molecule has 0 spiro atoms. The number of nitrogens with zero attached hydrogens (tertiary/aromatic N) is 1. The van der Waals surface area contributed by atoms with E-state index in [1.54, 1.807) is 17.0 Å². The number of anilines is 1. The molecule has 1 aliphatic heterocycles. The molecule has 1 aromatic carbocycles. The number of nitrogens with one attached hydrogen (secondary N) is 1. The lowest BCUT2D eigenvalue weighted by atomic mass is 10.1. The van der Waals surface area contributed by atoms with Crippen LogP contribution in [0.5, 0.6) is 0 Å². The van der Waals surface area contributed by atoms with Gasteiger partial charge in [-0.3, -0.25) is 4.79 Å². The largest absolute Gasteiger partial charge is 0.382 e. The number of rotatable bonds is 3. The van der Waals surface area contributed by atoms with Crippen molar-refractivity contribution in [2.45, 2.75) is 6.92 Å². The van der Waals surface area contributed by atoms with Gasteiger partial charge >= 0.3 is 0 Å². The topological polar surface area (TPSA) is 41.6 Å². The minimum absolute atomic E-state index is 0.145. The van der Waals surface area contributed by atoms with Crippen molar-refractivity contribution in [3.63, 3.8) is 0 Å². The number of amides is 1. The molecule has 0 radical (unpaired) electrons. The Kier molecular flexibility index (Phi) is 4.15. The van der Waals surface area contributed by atoms with Crippen LogP contribution in [0.2, 0.25) is 0 Å². The fraction of sp³-hybridized carbons (Fsp3) is 0.462. The molecule has 98 valence electrons. The van der Waals surface area contributed by atoms with Gasteiger partial charge < -0.3 is 15.0 Å². The van der Waals surface area contributed by atoms with Gasteiger partial charge in [-0.15, -0.1) is 0 Å². The molecule has 2 rings (SSSR count). The highest BCUT2D eigenvalue weighted by molar-refractivity contribution is 5.99. The summed E-state index contributed by atoms with van der Waals surface area (Å²) < 4.78 is 18.9. The molecule has 4 nitrogen and oxygen atoms in total. The van der Waals surface area contributed by atoms with Crippen LogP contribution in [0, 0.1) is 5.82 Å². The van der Waals surface area contributed by atoms with Gasteiger partial charge in [0.05, 0.1) is 24.5 Å². The summed E-state index contributed by atoms with van der Waals surface area (Å²) in [6, 6.07) is 4.57. The average Bonchev–Trinajstić information content (AvgIpc) is 2.41. The molecular formula is C13H17FN2O2. The van der Waals surface area contributed by atoms with E-state index in [-0.39, 0.29) is 11.6 Å². The number of halogens is 1. The summed E-state index contributed by atoms with van der Waals surface area (Å²) in [5.41, 5.74) is 0.676. The summed E-state index contributed by atoms with van der Waals surface area (Å²) in [4.78, 5) is 14.0. The summed E-state index contributed by atoms with van der Waals surface area (Å²) in [6.07, 6.45) is 0. The number of benzene rings is 1. The van der Waals surface area contributed by atoms with Gasteiger partial charge in [0.25, 0.3) is 5.91 Å². The monoisotopic (exact) mass is 252 g/mol. The van der Waals surface area contributed by atoms with E-state index in [4.69, 9.17) is 4.74 Å². The minimum Gasteiger partial charge on any atom is -0.382 e. The zero-order valence-corrected chi connectivity index (χ0v) is 10.4. The molecule has 1 fully saturated rings. The lowest BCUT2D eigenvalue weighted by Gasteiger charge is -2.27. The molecule has 1 saturated heterocycles. The molecule has 1 heterocycles. The van der Waals surface area contributed by atoms with Gasteiger partial charge in [-0.05, 0) is 19.1 Å². The third-order valence-electron chi connectivity index (χ3n) is 2.90. The van der Waals surface area contributed by atoms with Gasteiger partial charge in [0.2, 0.25) is 0 Å². The molecule has 0 bridgehead atoms. The van der Waals surface area contributed by atoms with Gasteiger partial charge in [-0.25, -0.2) is 4.39 Å². The summed E-state index contributed by atoms with van der Waals surface area (Å²) in [5, 5.41) is 2.91. The molecular weight excluding hydrogens is 235 g/mol. The van der Waals surface area contributed by atoms with Crippen molar-refractivity contribution in [3.8, 4) is 0 Å². The molecule has 1 aromatic rings. The maximum Gasteiger partial charge on any atom is 0.256 e. The van der Waals surface area contributed by atoms with E-state index in [2.05, 4.69) is 5.32 Å². The first-order valence-corrected chi connectivity index (χ1v) is 6.13. The van der Waals surface area contributed by atoms with E-state index in [1.165, 1.54) is 6.07 Å². The van der Waals surface area contributed by atoms with Crippen LogP contribution >= 0.6 is 0 Å². The number of hydrogen-bond acceptors (Lipinski definition) is 3. The van der Waals surface area contributed by atoms with E-state index < -0.39 is 5.82 Å². The summed E-state index contributed by atoms with van der Waals surface area (Å²) in [7, 11) is 0. The first-order valence-electron chi connectivity index (χ1n) is 6.13. The summed E-state index contributed by atoms with van der Waals surface area (Å²) >= 11 is 0. The Morgan fingerprint density at radius 3 is 2.83 bits per heavy atom. The summed E-state index contributed by atoms with van der Waals surface area (Å²) in [6.45, 7) is 4.64. The van der Waals surface area contributed by atoms with Crippen molar-refractivity contribution in [2.24, 2.45) is 0 Å². The lowest BCUT2D eigenvalue weighted by molar-refractivity contribution is 0.0303. The second-order valence-electron chi connectivity index (χ2n) is 4.10. The molecule has 0 aliphatic carbocycles. The highest BCUT2D eigenvalue weighted by Crippen LogP contribution is 2.21. The zero-order valence-electron chi connectivity index (χ0n) is 10.4. The van der Waals surface area contributed by atoms with Gasteiger partial charge in [-0.1, -0.05) is 6.07 Å². The Balaban J connectivity index is 2.25. The number of hydrogen-bond donors (Lipinski definition) is 1. The molecule has 5 heteroatoms. The molecule has 1 amide bonds. The first-order chi connectivity index (χ1) is 8.74. The number of morpholine rings is 1. The van der Waals surface area contributed by atoms with E-state index >= 15 is 0 Å². The van der Waals surface area contributed by atoms with Crippen molar-refractivity contribution in [1.82, 2.24) is 4.90 Å². The van der Waals surface area contributed by atoms with Crippen molar-refractivity contribution in [1.29, 1.82) is 0 Å². The molecule has 18 heavy (non-hydrogen) atoms. The molecule has 0 atom stereocenters. The van der Waals surface area contributed by atoms with Crippen LogP contribution in [0.25, 0.3) is 0 Å². The van der Waals surface area contributed by atoms with Crippen LogP contribution in [-0.4, -0.2) is 43.7 Å². The maximum atomic E-state index is 13.7. The fourth-order valence-corrected chi connectivity index (χ4v) is 2.00. The van der Waals surface area contributed by atoms with E-state index in [0.717, 1.165) is 0 Å². The highest BCUT2D eigenvalue weighted by atomic mass is 19.1. The normalized spacial score (nSPS) is 15.6. The van der Waals surface area contributed by atoms with Crippen LogP contribution in [0.15, 0.2) is 18.2 Å². The fourth-order valence-electron chi connectivity index (χ4n) is 2.00. The number of carbonyl (C=O) groups is 1. The Morgan fingerprint density at radius 1 is 1.44 bits per heavy atom. The standard InChI is InChI=1S/C13H17FN2O2/c1-2-15-12-10(4-3-5-11(12)14)13(17)16-6-8-18-9-7-16/h3-5,15H,2,6-9H2,1H3. The SMILES string of the molecule is CCNc1c(F)cccc1C(=O)N1CCOCC1. The minimum atomic E-state index is -0.393. The van der Waals surface area contributed by atoms with E-state index in [0.29, 0.717) is 38.4 Å². The predicted octanol–water partition coefficient (Wildman–Crippen LogP) is 1.73. The smallest absolute Gasteiger partial charge is 0.256 e. The quantitative estimate of drug-likeness (QED) is 0.890. The number of para-hydroxylation sites is 1. The first kappa shape index (κ1) is 12.8. The van der Waals surface area contributed by atoms with Crippen molar-refractivity contribution in [3.05, 3.63) is 29.6 Å². The van der Waals surface area contributed by atoms with Crippen molar-refractivity contribution in [2.75, 3.05) is 38.2 Å². The third kappa shape index (κ3) is 2.61. The zero-order chi connectivity index (χ0) is 13.0. The van der Waals surface area contributed by atoms with Crippen molar-refractivity contribution >= 4 is 11.6 Å². The second-order valence-corrected chi connectivity index (χ2v) is 4.10. The summed E-state index contributed by atoms with van der Waals surface area (Å²) in [5.74, 6) is -0.537. The predicted molar refractivity (Wildman–Crippen MR) is 67.3 cm³/mol. The van der Waals surface area contributed by atoms with Crippen molar-refractivity contribution < 1.29 is 13.9 Å². The number of carbonyl (C=O) groups excluding carboxylic acids is 1. The van der Waals surface area contributed by atoms with Crippen LogP contribution in [-0.2, 0) is 4.74 Å². The molecule has 0 saturated carbocycles. The van der Waals surface area contributed by atoms with Crippen LogP contribution in [0.3, 0.4) is 0 Å². The van der Waals surface area contributed by atoms with Crippen LogP contribution in [0.1, 0.15) is 17.3 Å². The Labute approximate surface area is 106 Å². The molecule has 1 aliphatic rings. The molecule has 1 N–H and O–H groups in total. The Morgan fingerprint density at radius 2 is 2.17 bits per heavy atom. The Bertz CT molecular complexity index is 431. The van der Waals surface area contributed by atoms with Gasteiger partial charge in [0, 0.05) is 19.6 Å². The average molecular weight is 252 g/mol. The van der Waals surface area contributed by atoms with Gasteiger partial charge in [0.1, 0.15) is 5.82 Å². The number of ether oxygens (including phenoxy) is 1. The van der Waals surface area contributed by atoms with Crippen LogP contribution in [0.4, 0.5) is 10.1 Å². The third-order valence-corrected chi connectivity index (χ3v) is 2.90. The van der Waals surface area contributed by atoms with Crippen LogP contribution < -0.4 is 5.32 Å². The van der Waals surface area contributed by atoms with E-state index in [9.17, 15) is 9.18 Å².